The maximum Gasteiger partial charge on any atom is 0.295 e. The van der Waals surface area contributed by atoms with Gasteiger partial charge in [0.1, 0.15) is 23.2 Å². The second-order valence-electron chi connectivity index (χ2n) is 5.41. The number of anilines is 1. The van der Waals surface area contributed by atoms with Gasteiger partial charge in [-0.25, -0.2) is 18.4 Å². The molecule has 3 rings (SSSR count). The van der Waals surface area contributed by atoms with Gasteiger partial charge in [-0.3, -0.25) is 4.79 Å². The minimum absolute atomic E-state index is 0.193. The molecule has 0 radical (unpaired) electrons. The Balaban J connectivity index is 1.94. The van der Waals surface area contributed by atoms with E-state index in [2.05, 4.69) is 15.4 Å². The average molecular weight is 413 g/mol. The summed E-state index contributed by atoms with van der Waals surface area (Å²) in [5.74, 6) is -1.93. The lowest BCUT2D eigenvalue weighted by atomic mass is 10.3. The SMILES string of the molecule is COc1cc(-n2nc(C(=O)Nc3ccc(F)cc3F)nc2C)c(Cl)cc1Cl. The lowest BCUT2D eigenvalue weighted by Crippen LogP contribution is -2.15. The molecule has 0 aliphatic carbocycles. The van der Waals surface area contributed by atoms with Crippen LogP contribution in [0.4, 0.5) is 14.5 Å². The van der Waals surface area contributed by atoms with Crippen molar-refractivity contribution in [3.05, 3.63) is 63.7 Å². The fourth-order valence-corrected chi connectivity index (χ4v) is 2.86. The number of halogens is 4. The molecule has 0 aliphatic heterocycles. The second kappa shape index (κ2) is 7.50. The number of amides is 1. The molecule has 1 aromatic heterocycles. The van der Waals surface area contributed by atoms with Gasteiger partial charge in [0.25, 0.3) is 5.91 Å². The van der Waals surface area contributed by atoms with E-state index in [0.29, 0.717) is 28.4 Å². The first-order valence-corrected chi connectivity index (χ1v) is 8.29. The third-order valence-electron chi connectivity index (χ3n) is 3.60. The zero-order valence-electron chi connectivity index (χ0n) is 14.1. The van der Waals surface area contributed by atoms with Gasteiger partial charge in [0.15, 0.2) is 0 Å². The number of nitrogens with one attached hydrogen (secondary N) is 1. The van der Waals surface area contributed by atoms with Gasteiger partial charge in [-0.2, -0.15) is 0 Å². The molecule has 0 aliphatic rings. The van der Waals surface area contributed by atoms with Gasteiger partial charge in [0.05, 0.1) is 28.5 Å². The number of nitrogens with zero attached hydrogens (tertiary/aromatic N) is 3. The summed E-state index contributed by atoms with van der Waals surface area (Å²) >= 11 is 12.2. The van der Waals surface area contributed by atoms with E-state index in [9.17, 15) is 13.6 Å². The first-order valence-electron chi connectivity index (χ1n) is 7.53. The van der Waals surface area contributed by atoms with Crippen molar-refractivity contribution in [1.29, 1.82) is 0 Å². The molecule has 1 heterocycles. The minimum Gasteiger partial charge on any atom is -0.495 e. The Morgan fingerprint density at radius 3 is 2.59 bits per heavy atom. The van der Waals surface area contributed by atoms with Crippen molar-refractivity contribution < 1.29 is 18.3 Å². The van der Waals surface area contributed by atoms with Crippen LogP contribution in [0.15, 0.2) is 30.3 Å². The van der Waals surface area contributed by atoms with Crippen LogP contribution in [0.2, 0.25) is 10.0 Å². The Labute approximate surface area is 162 Å². The molecule has 0 spiro atoms. The van der Waals surface area contributed by atoms with Crippen molar-refractivity contribution in [2.45, 2.75) is 6.92 Å². The van der Waals surface area contributed by atoms with E-state index in [1.807, 2.05) is 0 Å². The number of hydrogen-bond acceptors (Lipinski definition) is 4. The van der Waals surface area contributed by atoms with E-state index in [4.69, 9.17) is 27.9 Å². The van der Waals surface area contributed by atoms with Crippen molar-refractivity contribution in [3.8, 4) is 11.4 Å². The average Bonchev–Trinajstić information content (AvgIpc) is 2.99. The van der Waals surface area contributed by atoms with Gasteiger partial charge in [-0.1, -0.05) is 23.2 Å². The van der Waals surface area contributed by atoms with E-state index in [1.165, 1.54) is 17.9 Å². The zero-order chi connectivity index (χ0) is 19.7. The molecular formula is C17H12Cl2F2N4O2. The van der Waals surface area contributed by atoms with Gasteiger partial charge in [-0.15, -0.1) is 5.10 Å². The summed E-state index contributed by atoms with van der Waals surface area (Å²) in [6.45, 7) is 1.61. The Morgan fingerprint density at radius 2 is 1.93 bits per heavy atom. The van der Waals surface area contributed by atoms with Crippen molar-refractivity contribution in [1.82, 2.24) is 14.8 Å². The summed E-state index contributed by atoms with van der Waals surface area (Å²) in [6.07, 6.45) is 0. The summed E-state index contributed by atoms with van der Waals surface area (Å²) in [5.41, 5.74) is 0.205. The molecule has 0 saturated carbocycles. The third-order valence-corrected chi connectivity index (χ3v) is 4.20. The van der Waals surface area contributed by atoms with Crippen LogP contribution in [-0.4, -0.2) is 27.8 Å². The molecule has 1 amide bonds. The molecule has 3 aromatic rings. The summed E-state index contributed by atoms with van der Waals surface area (Å²) in [4.78, 5) is 16.4. The molecule has 0 atom stereocenters. The van der Waals surface area contributed by atoms with Crippen molar-refractivity contribution in [3.63, 3.8) is 0 Å². The Morgan fingerprint density at radius 1 is 1.19 bits per heavy atom. The van der Waals surface area contributed by atoms with E-state index < -0.39 is 17.5 Å². The van der Waals surface area contributed by atoms with Crippen LogP contribution in [0.5, 0.6) is 5.75 Å². The molecule has 0 unspecified atom stereocenters. The monoisotopic (exact) mass is 412 g/mol. The fourth-order valence-electron chi connectivity index (χ4n) is 2.32. The summed E-state index contributed by atoms with van der Waals surface area (Å²) in [5, 5.41) is 6.98. The maximum atomic E-state index is 13.7. The van der Waals surface area contributed by atoms with Crippen molar-refractivity contribution in [2.24, 2.45) is 0 Å². The van der Waals surface area contributed by atoms with Crippen LogP contribution in [0.1, 0.15) is 16.4 Å². The van der Waals surface area contributed by atoms with Gasteiger partial charge >= 0.3 is 0 Å². The van der Waals surface area contributed by atoms with Gasteiger partial charge in [0.2, 0.25) is 5.82 Å². The number of rotatable bonds is 4. The standard InChI is InChI=1S/C17H12Cl2F2N4O2/c1-8-22-16(17(26)23-13-4-3-9(20)5-12(13)21)24-25(8)14-7-15(27-2)11(19)6-10(14)18/h3-7H,1-2H3,(H,23,26). The number of aryl methyl sites for hydroxylation is 1. The maximum absolute atomic E-state index is 13.7. The first-order chi connectivity index (χ1) is 12.8. The largest absolute Gasteiger partial charge is 0.495 e. The molecule has 0 bridgehead atoms. The van der Waals surface area contributed by atoms with E-state index in [-0.39, 0.29) is 16.5 Å². The van der Waals surface area contributed by atoms with Crippen molar-refractivity contribution >= 4 is 34.8 Å². The van der Waals surface area contributed by atoms with Crippen molar-refractivity contribution in [2.75, 3.05) is 12.4 Å². The molecular weight excluding hydrogens is 401 g/mol. The number of carbonyl (C=O) groups excluding carboxylic acids is 1. The second-order valence-corrected chi connectivity index (χ2v) is 6.23. The highest BCUT2D eigenvalue weighted by Crippen LogP contribution is 2.33. The van der Waals surface area contributed by atoms with Crippen LogP contribution in [0.3, 0.4) is 0 Å². The molecule has 6 nitrogen and oxygen atoms in total. The molecule has 10 heteroatoms. The molecule has 2 aromatic carbocycles. The molecule has 27 heavy (non-hydrogen) atoms. The van der Waals surface area contributed by atoms with Gasteiger partial charge < -0.3 is 10.1 Å². The summed E-state index contributed by atoms with van der Waals surface area (Å²) < 4.78 is 33.2. The Bertz CT molecular complexity index is 1040. The lowest BCUT2D eigenvalue weighted by Gasteiger charge is -2.09. The number of carbonyl (C=O) groups is 1. The summed E-state index contributed by atoms with van der Waals surface area (Å²) in [7, 11) is 1.45. The highest BCUT2D eigenvalue weighted by Gasteiger charge is 2.19. The topological polar surface area (TPSA) is 69.0 Å². The van der Waals surface area contributed by atoms with E-state index in [1.54, 1.807) is 13.0 Å². The van der Waals surface area contributed by atoms with Crippen LogP contribution in [0, 0.1) is 18.6 Å². The zero-order valence-corrected chi connectivity index (χ0v) is 15.6. The molecule has 0 saturated heterocycles. The Hall–Kier alpha value is -2.71. The predicted molar refractivity (Wildman–Crippen MR) is 97.0 cm³/mol. The normalized spacial score (nSPS) is 10.7. The van der Waals surface area contributed by atoms with E-state index in [0.717, 1.165) is 12.1 Å². The number of methoxy groups -OCH3 is 1. The number of aromatic nitrogens is 3. The third kappa shape index (κ3) is 3.86. The smallest absolute Gasteiger partial charge is 0.295 e. The van der Waals surface area contributed by atoms with Crippen LogP contribution >= 0.6 is 23.2 Å². The van der Waals surface area contributed by atoms with Crippen LogP contribution in [-0.2, 0) is 0 Å². The highest BCUT2D eigenvalue weighted by atomic mass is 35.5. The number of hydrogen-bond donors (Lipinski definition) is 1. The summed E-state index contributed by atoms with van der Waals surface area (Å²) in [6, 6.07) is 5.81. The molecule has 0 fully saturated rings. The lowest BCUT2D eigenvalue weighted by molar-refractivity contribution is 0.101. The highest BCUT2D eigenvalue weighted by molar-refractivity contribution is 6.36. The number of benzene rings is 2. The number of ether oxygens (including phenoxy) is 1. The van der Waals surface area contributed by atoms with E-state index >= 15 is 0 Å². The predicted octanol–water partition coefficient (Wildman–Crippen LogP) is 4.42. The van der Waals surface area contributed by atoms with Crippen LogP contribution in [0.25, 0.3) is 5.69 Å². The fraction of sp³-hybridized carbons (Fsp3) is 0.118. The minimum atomic E-state index is -0.912. The van der Waals surface area contributed by atoms with Gasteiger partial charge in [0, 0.05) is 12.1 Å². The quantitative estimate of drug-likeness (QED) is 0.688. The molecule has 140 valence electrons. The first kappa shape index (κ1) is 19.1. The van der Waals surface area contributed by atoms with Crippen LogP contribution < -0.4 is 10.1 Å². The van der Waals surface area contributed by atoms with Gasteiger partial charge in [-0.05, 0) is 25.1 Å². The Kier molecular flexibility index (Phi) is 5.29. The molecule has 1 N–H and O–H groups in total.